The Morgan fingerprint density at radius 3 is 2.95 bits per heavy atom. The summed E-state index contributed by atoms with van der Waals surface area (Å²) in [7, 11) is 0. The van der Waals surface area contributed by atoms with Gasteiger partial charge in [-0.1, -0.05) is 6.07 Å². The average Bonchev–Trinajstić information content (AvgIpc) is 3.13. The molecular weight excluding hydrogens is 282 g/mol. The number of anilines is 1. The second kappa shape index (κ2) is 6.10. The molecule has 3 rings (SSSR count). The van der Waals surface area contributed by atoms with Crippen LogP contribution < -0.4 is 5.32 Å². The van der Waals surface area contributed by atoms with Crippen LogP contribution in [0.15, 0.2) is 51.9 Å². The molecule has 0 aliphatic rings. The molecule has 0 saturated heterocycles. The molecule has 0 aliphatic carbocycles. The predicted molar refractivity (Wildman–Crippen MR) is 86.6 cm³/mol. The first-order chi connectivity index (χ1) is 10.3. The van der Waals surface area contributed by atoms with E-state index in [2.05, 4.69) is 46.0 Å². The van der Waals surface area contributed by atoms with E-state index in [1.54, 1.807) is 11.8 Å². The summed E-state index contributed by atoms with van der Waals surface area (Å²) in [6.07, 6.45) is 3.91. The number of rotatable bonds is 5. The summed E-state index contributed by atoms with van der Waals surface area (Å²) in [4.78, 5) is 1.24. The fourth-order valence-corrected chi connectivity index (χ4v) is 2.62. The Bertz CT molecular complexity index is 732. The minimum absolute atomic E-state index is 0.698. The molecule has 2 N–H and O–H groups in total. The quantitative estimate of drug-likeness (QED) is 0.689. The van der Waals surface area contributed by atoms with E-state index in [1.807, 2.05) is 25.3 Å². The number of thioether (sulfide) groups is 1. The average molecular weight is 299 g/mol. The van der Waals surface area contributed by atoms with Gasteiger partial charge in [0.1, 0.15) is 11.5 Å². The highest BCUT2D eigenvalue weighted by Crippen LogP contribution is 2.25. The fraction of sp³-hybridized carbons (Fsp3) is 0.188. The minimum Gasteiger partial charge on any atom is -0.460 e. The van der Waals surface area contributed by atoms with Gasteiger partial charge < -0.3 is 9.73 Å². The van der Waals surface area contributed by atoms with Crippen molar-refractivity contribution >= 4 is 17.4 Å². The van der Waals surface area contributed by atoms with E-state index in [1.165, 1.54) is 4.90 Å². The normalized spacial score (nSPS) is 10.8. The van der Waals surface area contributed by atoms with Gasteiger partial charge in [-0.2, -0.15) is 5.10 Å². The number of benzene rings is 1. The molecule has 0 fully saturated rings. The summed E-state index contributed by atoms with van der Waals surface area (Å²) >= 11 is 1.74. The Kier molecular flexibility index (Phi) is 4.01. The van der Waals surface area contributed by atoms with Crippen LogP contribution in [-0.2, 0) is 6.54 Å². The Morgan fingerprint density at radius 1 is 1.29 bits per heavy atom. The van der Waals surface area contributed by atoms with Gasteiger partial charge >= 0.3 is 0 Å². The molecule has 2 heterocycles. The van der Waals surface area contributed by atoms with Gasteiger partial charge in [-0.05, 0) is 43.5 Å². The molecule has 1 aromatic carbocycles. The van der Waals surface area contributed by atoms with Crippen molar-refractivity contribution in [3.8, 4) is 11.5 Å². The zero-order chi connectivity index (χ0) is 14.7. The van der Waals surface area contributed by atoms with Gasteiger partial charge in [0, 0.05) is 22.7 Å². The van der Waals surface area contributed by atoms with Crippen molar-refractivity contribution in [2.24, 2.45) is 0 Å². The molecule has 4 nitrogen and oxygen atoms in total. The Morgan fingerprint density at radius 2 is 2.19 bits per heavy atom. The molecule has 0 aliphatic heterocycles. The van der Waals surface area contributed by atoms with Crippen LogP contribution in [0.1, 0.15) is 11.3 Å². The minimum atomic E-state index is 0.698. The van der Waals surface area contributed by atoms with Crippen LogP contribution in [0, 0.1) is 6.92 Å². The SMILES string of the molecule is CSc1cccc(NCc2cn[nH]c2-c2ccc(C)o2)c1. The van der Waals surface area contributed by atoms with Crippen LogP contribution >= 0.6 is 11.8 Å². The van der Waals surface area contributed by atoms with Crippen molar-refractivity contribution in [3.63, 3.8) is 0 Å². The molecule has 2 aromatic heterocycles. The van der Waals surface area contributed by atoms with E-state index < -0.39 is 0 Å². The number of furan rings is 1. The van der Waals surface area contributed by atoms with Crippen molar-refractivity contribution in [2.75, 3.05) is 11.6 Å². The van der Waals surface area contributed by atoms with E-state index in [0.717, 1.165) is 28.5 Å². The largest absolute Gasteiger partial charge is 0.460 e. The number of hydrogen-bond donors (Lipinski definition) is 2. The molecule has 0 spiro atoms. The first-order valence-corrected chi connectivity index (χ1v) is 7.96. The van der Waals surface area contributed by atoms with Gasteiger partial charge in [0.2, 0.25) is 0 Å². The molecule has 0 atom stereocenters. The van der Waals surface area contributed by atoms with Crippen LogP contribution in [-0.4, -0.2) is 16.5 Å². The monoisotopic (exact) mass is 299 g/mol. The van der Waals surface area contributed by atoms with Crippen LogP contribution in [0.5, 0.6) is 0 Å². The lowest BCUT2D eigenvalue weighted by molar-refractivity contribution is 0.545. The smallest absolute Gasteiger partial charge is 0.152 e. The zero-order valence-corrected chi connectivity index (χ0v) is 12.8. The Hall–Kier alpha value is -2.14. The number of H-pyrrole nitrogens is 1. The number of aromatic nitrogens is 2. The number of aromatic amines is 1. The first-order valence-electron chi connectivity index (χ1n) is 6.73. The number of hydrogen-bond acceptors (Lipinski definition) is 4. The van der Waals surface area contributed by atoms with E-state index in [4.69, 9.17) is 4.42 Å². The summed E-state index contributed by atoms with van der Waals surface area (Å²) in [6.45, 7) is 2.63. The van der Waals surface area contributed by atoms with Gasteiger partial charge in [0.25, 0.3) is 0 Å². The van der Waals surface area contributed by atoms with Gasteiger partial charge in [-0.25, -0.2) is 0 Å². The standard InChI is InChI=1S/C16H17N3OS/c1-11-6-7-15(20-11)16-12(10-18-19-16)9-17-13-4-3-5-14(8-13)21-2/h3-8,10,17H,9H2,1-2H3,(H,18,19). The van der Waals surface area contributed by atoms with Crippen molar-refractivity contribution < 1.29 is 4.42 Å². The maximum atomic E-state index is 5.65. The summed E-state index contributed by atoms with van der Waals surface area (Å²) in [6, 6.07) is 12.3. The van der Waals surface area contributed by atoms with Gasteiger partial charge in [-0.15, -0.1) is 11.8 Å². The fourth-order valence-electron chi connectivity index (χ4n) is 2.16. The molecule has 3 aromatic rings. The van der Waals surface area contributed by atoms with E-state index in [0.29, 0.717) is 6.54 Å². The van der Waals surface area contributed by atoms with E-state index >= 15 is 0 Å². The first kappa shape index (κ1) is 13.8. The summed E-state index contributed by atoms with van der Waals surface area (Å²) in [5.74, 6) is 1.71. The van der Waals surface area contributed by atoms with Crippen LogP contribution in [0.2, 0.25) is 0 Å². The lowest BCUT2D eigenvalue weighted by Gasteiger charge is -2.07. The van der Waals surface area contributed by atoms with E-state index in [-0.39, 0.29) is 0 Å². The number of nitrogens with zero attached hydrogens (tertiary/aromatic N) is 1. The summed E-state index contributed by atoms with van der Waals surface area (Å²) in [5.41, 5.74) is 3.11. The second-order valence-corrected chi connectivity index (χ2v) is 5.65. The lowest BCUT2D eigenvalue weighted by atomic mass is 10.2. The van der Waals surface area contributed by atoms with Gasteiger partial charge in [-0.3, -0.25) is 5.10 Å². The molecule has 21 heavy (non-hydrogen) atoms. The highest BCUT2D eigenvalue weighted by atomic mass is 32.2. The highest BCUT2D eigenvalue weighted by Gasteiger charge is 2.10. The number of nitrogens with one attached hydrogen (secondary N) is 2. The van der Waals surface area contributed by atoms with Gasteiger partial charge in [0.05, 0.1) is 6.20 Å². The highest BCUT2D eigenvalue weighted by molar-refractivity contribution is 7.98. The van der Waals surface area contributed by atoms with Crippen molar-refractivity contribution in [2.45, 2.75) is 18.4 Å². The molecule has 0 amide bonds. The number of aryl methyl sites for hydroxylation is 1. The molecule has 108 valence electrons. The topological polar surface area (TPSA) is 53.9 Å². The van der Waals surface area contributed by atoms with Crippen LogP contribution in [0.3, 0.4) is 0 Å². The Labute approximate surface area is 128 Å². The van der Waals surface area contributed by atoms with Crippen molar-refractivity contribution in [1.29, 1.82) is 0 Å². The summed E-state index contributed by atoms with van der Waals surface area (Å²) < 4.78 is 5.65. The third-order valence-corrected chi connectivity index (χ3v) is 3.98. The Balaban J connectivity index is 1.75. The third-order valence-electron chi connectivity index (χ3n) is 3.26. The predicted octanol–water partition coefficient (Wildman–Crippen LogP) is 4.31. The third kappa shape index (κ3) is 3.13. The van der Waals surface area contributed by atoms with Crippen molar-refractivity contribution in [3.05, 3.63) is 53.9 Å². The molecule has 0 bridgehead atoms. The van der Waals surface area contributed by atoms with Gasteiger partial charge in [0.15, 0.2) is 5.76 Å². The molecule has 0 unspecified atom stereocenters. The van der Waals surface area contributed by atoms with E-state index in [9.17, 15) is 0 Å². The molecule has 0 saturated carbocycles. The maximum absolute atomic E-state index is 5.65. The zero-order valence-electron chi connectivity index (χ0n) is 12.0. The van der Waals surface area contributed by atoms with Crippen molar-refractivity contribution in [1.82, 2.24) is 10.2 Å². The second-order valence-electron chi connectivity index (χ2n) is 4.77. The van der Waals surface area contributed by atoms with Crippen LogP contribution in [0.4, 0.5) is 5.69 Å². The van der Waals surface area contributed by atoms with Crippen LogP contribution in [0.25, 0.3) is 11.5 Å². The molecule has 5 heteroatoms. The maximum Gasteiger partial charge on any atom is 0.152 e. The lowest BCUT2D eigenvalue weighted by Crippen LogP contribution is -1.99. The molecule has 0 radical (unpaired) electrons. The molecular formula is C16H17N3OS. The summed E-state index contributed by atoms with van der Waals surface area (Å²) in [5, 5.41) is 10.6.